The van der Waals surface area contributed by atoms with E-state index in [1.54, 1.807) is 24.7 Å². The van der Waals surface area contributed by atoms with Crippen molar-refractivity contribution in [1.29, 1.82) is 0 Å². The van der Waals surface area contributed by atoms with Gasteiger partial charge in [-0.2, -0.15) is 0 Å². The fourth-order valence-corrected chi connectivity index (χ4v) is 6.50. The molecule has 4 aromatic rings. The molecule has 0 unspecified atom stereocenters. The normalized spacial score (nSPS) is 17.6. The largest absolute Gasteiger partial charge is 0.497 e. The molecular weight excluding hydrogens is 550 g/mol. The van der Waals surface area contributed by atoms with E-state index < -0.39 is 12.0 Å². The van der Waals surface area contributed by atoms with E-state index in [2.05, 4.69) is 11.8 Å². The van der Waals surface area contributed by atoms with Crippen LogP contribution in [-0.4, -0.2) is 37.3 Å². The second-order valence-corrected chi connectivity index (χ2v) is 11.6. The fourth-order valence-electron chi connectivity index (χ4n) is 5.52. The molecule has 1 fully saturated rings. The lowest BCUT2D eigenvalue weighted by Crippen LogP contribution is -2.40. The Bertz CT molecular complexity index is 1810. The number of anilines is 1. The maximum Gasteiger partial charge on any atom is 0.338 e. The number of hydrogen-bond donors (Lipinski definition) is 0. The quantitative estimate of drug-likeness (QED) is 0.291. The Morgan fingerprint density at radius 1 is 1.10 bits per heavy atom. The molecule has 4 heterocycles. The van der Waals surface area contributed by atoms with Crippen molar-refractivity contribution in [2.45, 2.75) is 32.7 Å². The van der Waals surface area contributed by atoms with Gasteiger partial charge < -0.3 is 18.8 Å². The summed E-state index contributed by atoms with van der Waals surface area (Å²) >= 11 is 1.27. The molecule has 216 valence electrons. The lowest BCUT2D eigenvalue weighted by molar-refractivity contribution is -0.138. The highest BCUT2D eigenvalue weighted by Gasteiger charge is 2.35. The Morgan fingerprint density at radius 2 is 1.88 bits per heavy atom. The van der Waals surface area contributed by atoms with Crippen LogP contribution in [0.15, 0.2) is 86.5 Å². The van der Waals surface area contributed by atoms with E-state index >= 15 is 0 Å². The number of carbonyl (C=O) groups is 1. The molecule has 8 nitrogen and oxygen atoms in total. The number of carbonyl (C=O) groups excluding carboxylic acids is 1. The predicted molar refractivity (Wildman–Crippen MR) is 163 cm³/mol. The summed E-state index contributed by atoms with van der Waals surface area (Å²) in [4.78, 5) is 35.3. The van der Waals surface area contributed by atoms with Crippen LogP contribution in [0.2, 0.25) is 0 Å². The van der Waals surface area contributed by atoms with Gasteiger partial charge in [0.25, 0.3) is 5.56 Å². The van der Waals surface area contributed by atoms with Gasteiger partial charge >= 0.3 is 5.97 Å². The van der Waals surface area contributed by atoms with Crippen molar-refractivity contribution in [2.75, 3.05) is 31.7 Å². The summed E-state index contributed by atoms with van der Waals surface area (Å²) in [7, 11) is 1.59. The van der Waals surface area contributed by atoms with Crippen molar-refractivity contribution in [3.05, 3.63) is 109 Å². The van der Waals surface area contributed by atoms with Crippen LogP contribution in [0.4, 0.5) is 5.88 Å². The lowest BCUT2D eigenvalue weighted by atomic mass is 9.93. The zero-order valence-electron chi connectivity index (χ0n) is 23.9. The first-order valence-electron chi connectivity index (χ1n) is 14.2. The van der Waals surface area contributed by atoms with E-state index in [9.17, 15) is 9.59 Å². The van der Waals surface area contributed by atoms with Gasteiger partial charge in [-0.3, -0.25) is 9.36 Å². The monoisotopic (exact) mass is 583 g/mol. The Balaban J connectivity index is 1.52. The average Bonchev–Trinajstić information content (AvgIpc) is 3.61. The van der Waals surface area contributed by atoms with E-state index in [1.807, 2.05) is 66.7 Å². The molecule has 9 heteroatoms. The number of furan rings is 1. The molecule has 0 bridgehead atoms. The Labute approximate surface area is 247 Å². The molecule has 0 spiro atoms. The van der Waals surface area contributed by atoms with Crippen molar-refractivity contribution < 1.29 is 18.7 Å². The highest BCUT2D eigenvalue weighted by molar-refractivity contribution is 7.07. The number of benzene rings is 2. The molecule has 2 aliphatic heterocycles. The molecule has 2 aromatic carbocycles. The van der Waals surface area contributed by atoms with Gasteiger partial charge in [-0.25, -0.2) is 9.79 Å². The molecule has 2 aliphatic rings. The molecule has 0 radical (unpaired) electrons. The Morgan fingerprint density at radius 3 is 2.62 bits per heavy atom. The number of nitrogens with zero attached hydrogens (tertiary/aromatic N) is 3. The third-order valence-electron chi connectivity index (χ3n) is 7.76. The van der Waals surface area contributed by atoms with E-state index in [0.717, 1.165) is 43.3 Å². The molecule has 6 rings (SSSR count). The first kappa shape index (κ1) is 27.8. The number of fused-ring (bicyclic) bond motifs is 1. The number of rotatable bonds is 7. The van der Waals surface area contributed by atoms with E-state index in [4.69, 9.17) is 18.9 Å². The van der Waals surface area contributed by atoms with Gasteiger partial charge in [0.1, 0.15) is 11.5 Å². The summed E-state index contributed by atoms with van der Waals surface area (Å²) in [6, 6.07) is 20.0. The molecule has 42 heavy (non-hydrogen) atoms. The summed E-state index contributed by atoms with van der Waals surface area (Å²) in [5.74, 6) is 2.22. The highest BCUT2D eigenvalue weighted by Crippen LogP contribution is 2.36. The molecule has 0 N–H and O–H groups in total. The maximum atomic E-state index is 14.1. The Hall–Kier alpha value is -4.37. The minimum Gasteiger partial charge on any atom is -0.497 e. The molecule has 0 saturated carbocycles. The zero-order chi connectivity index (χ0) is 29.2. The van der Waals surface area contributed by atoms with Crippen molar-refractivity contribution in [3.63, 3.8) is 0 Å². The fraction of sp³-hybridized carbons (Fsp3) is 0.303. The molecule has 0 aliphatic carbocycles. The molecular formula is C33H33N3O5S. The maximum absolute atomic E-state index is 14.1. The number of piperidine rings is 1. The summed E-state index contributed by atoms with van der Waals surface area (Å²) < 4.78 is 19.3. The van der Waals surface area contributed by atoms with Crippen molar-refractivity contribution >= 4 is 35.0 Å². The van der Waals surface area contributed by atoms with Crippen LogP contribution in [0.1, 0.15) is 49.6 Å². The molecule has 1 atom stereocenters. The van der Waals surface area contributed by atoms with Crippen LogP contribution < -0.4 is 24.5 Å². The zero-order valence-corrected chi connectivity index (χ0v) is 24.7. The smallest absolute Gasteiger partial charge is 0.338 e. The van der Waals surface area contributed by atoms with Gasteiger partial charge in [0.05, 0.1) is 35.6 Å². The second-order valence-electron chi connectivity index (χ2n) is 10.6. The first-order valence-corrected chi connectivity index (χ1v) is 15.1. The Kier molecular flexibility index (Phi) is 7.84. The minimum absolute atomic E-state index is 0.191. The third kappa shape index (κ3) is 5.32. The van der Waals surface area contributed by atoms with Gasteiger partial charge in [0.15, 0.2) is 10.7 Å². The van der Waals surface area contributed by atoms with Crippen LogP contribution in [0.3, 0.4) is 0 Å². The van der Waals surface area contributed by atoms with Crippen LogP contribution >= 0.6 is 11.3 Å². The van der Waals surface area contributed by atoms with E-state index in [-0.39, 0.29) is 12.2 Å². The van der Waals surface area contributed by atoms with Crippen LogP contribution in [-0.2, 0) is 9.53 Å². The lowest BCUT2D eigenvalue weighted by Gasteiger charge is -2.29. The van der Waals surface area contributed by atoms with Gasteiger partial charge in [-0.05, 0) is 49.4 Å². The van der Waals surface area contributed by atoms with Gasteiger partial charge in [-0.1, -0.05) is 60.7 Å². The molecule has 0 amide bonds. The summed E-state index contributed by atoms with van der Waals surface area (Å²) in [6.45, 7) is 6.14. The first-order chi connectivity index (χ1) is 20.5. The average molecular weight is 584 g/mol. The number of ether oxygens (including phenoxy) is 2. The standard InChI is InChI=1S/C33H33N3O5S/c1-4-40-32(38)28-29(22-9-6-5-7-10-22)34-33-36(30(28)23-11-8-12-24(19-23)39-3)31(37)26(42-33)20-25-13-14-27(41-25)35-17-15-21(2)16-18-35/h5-14,19-21,30H,4,15-18H2,1-3H3/b26-20+/t30-/m1/s1. The van der Waals surface area contributed by atoms with Gasteiger partial charge in [0, 0.05) is 30.8 Å². The summed E-state index contributed by atoms with van der Waals surface area (Å²) in [6.07, 6.45) is 4.02. The SMILES string of the molecule is CCOC(=O)C1=C(c2ccccc2)N=c2s/c(=C/c3ccc(N4CCC(C)CC4)o3)c(=O)n2[C@@H]1c1cccc(OC)c1. The van der Waals surface area contributed by atoms with Gasteiger partial charge in [-0.15, -0.1) is 0 Å². The molecule has 2 aromatic heterocycles. The number of esters is 1. The van der Waals surface area contributed by atoms with Gasteiger partial charge in [0.2, 0.25) is 0 Å². The predicted octanol–water partition coefficient (Wildman–Crippen LogP) is 4.77. The van der Waals surface area contributed by atoms with E-state index in [1.165, 1.54) is 11.3 Å². The highest BCUT2D eigenvalue weighted by atomic mass is 32.1. The van der Waals surface area contributed by atoms with Crippen molar-refractivity contribution in [2.24, 2.45) is 10.9 Å². The minimum atomic E-state index is -0.768. The van der Waals surface area contributed by atoms with Crippen LogP contribution in [0, 0.1) is 5.92 Å². The number of methoxy groups -OCH3 is 1. The molecule has 1 saturated heterocycles. The number of hydrogen-bond acceptors (Lipinski definition) is 8. The van der Waals surface area contributed by atoms with Crippen LogP contribution in [0.25, 0.3) is 11.8 Å². The van der Waals surface area contributed by atoms with Crippen LogP contribution in [0.5, 0.6) is 5.75 Å². The number of thiazole rings is 1. The summed E-state index contributed by atoms with van der Waals surface area (Å²) in [5.41, 5.74) is 2.00. The second kappa shape index (κ2) is 11.9. The third-order valence-corrected chi connectivity index (χ3v) is 8.75. The van der Waals surface area contributed by atoms with E-state index in [0.29, 0.717) is 37.7 Å². The van der Waals surface area contributed by atoms with Crippen molar-refractivity contribution in [3.8, 4) is 5.75 Å². The van der Waals surface area contributed by atoms with Crippen molar-refractivity contribution in [1.82, 2.24) is 4.57 Å². The topological polar surface area (TPSA) is 86.3 Å². The number of aromatic nitrogens is 1. The summed E-state index contributed by atoms with van der Waals surface area (Å²) in [5, 5.41) is 0.